The number of hydrogen-bond donors (Lipinski definition) is 2. The number of piperidine rings is 1. The number of allylic oxidation sites excluding steroid dienone is 1. The molecule has 2 aliphatic rings. The zero-order chi connectivity index (χ0) is 22.0. The maximum absolute atomic E-state index is 11.6. The van der Waals surface area contributed by atoms with Gasteiger partial charge in [0.1, 0.15) is 5.82 Å². The van der Waals surface area contributed by atoms with Gasteiger partial charge in [0.05, 0.1) is 17.2 Å². The van der Waals surface area contributed by atoms with Crippen molar-refractivity contribution in [1.29, 1.82) is 0 Å². The zero-order valence-electron chi connectivity index (χ0n) is 19.4. The number of fused-ring (bicyclic) bond motifs is 1. The predicted molar refractivity (Wildman–Crippen MR) is 125 cm³/mol. The molecule has 4 rings (SSSR count). The Balaban J connectivity index is 1.38. The fraction of sp³-hybridized carbons (Fsp3) is 0.640. The van der Waals surface area contributed by atoms with E-state index in [1.165, 1.54) is 12.0 Å². The SMILES string of the molecule is CC(=O)N1CCC(NC[C@@H]2C=C(C)[C@H](Cc3nc4ccncc4[nH]3)C[C@H]2C(C)C)CC1. The summed E-state index contributed by atoms with van der Waals surface area (Å²) in [5, 5.41) is 3.83. The second-order valence-corrected chi connectivity index (χ2v) is 9.88. The van der Waals surface area contributed by atoms with Crippen LogP contribution in [0.4, 0.5) is 0 Å². The number of H-pyrrole nitrogens is 1. The molecule has 0 saturated carbocycles. The van der Waals surface area contributed by atoms with Crippen LogP contribution in [0.1, 0.15) is 52.8 Å². The molecule has 6 heteroatoms. The smallest absolute Gasteiger partial charge is 0.219 e. The molecule has 6 nitrogen and oxygen atoms in total. The van der Waals surface area contributed by atoms with Crippen molar-refractivity contribution in [3.8, 4) is 0 Å². The van der Waals surface area contributed by atoms with Crippen LogP contribution in [-0.4, -0.2) is 51.4 Å². The second kappa shape index (κ2) is 9.51. The highest BCUT2D eigenvalue weighted by molar-refractivity contribution is 5.73. The lowest BCUT2D eigenvalue weighted by molar-refractivity contribution is -0.129. The molecule has 0 bridgehead atoms. The van der Waals surface area contributed by atoms with Gasteiger partial charge < -0.3 is 15.2 Å². The minimum Gasteiger partial charge on any atom is -0.343 e. The number of carbonyl (C=O) groups excluding carboxylic acids is 1. The molecule has 1 aliphatic heterocycles. The van der Waals surface area contributed by atoms with E-state index in [1.54, 1.807) is 13.1 Å². The van der Waals surface area contributed by atoms with Gasteiger partial charge in [0, 0.05) is 45.2 Å². The van der Waals surface area contributed by atoms with E-state index in [4.69, 9.17) is 4.98 Å². The molecule has 1 saturated heterocycles. The Morgan fingerprint density at radius 2 is 2.10 bits per heavy atom. The average Bonchev–Trinajstić information content (AvgIpc) is 3.16. The van der Waals surface area contributed by atoms with Crippen LogP contribution < -0.4 is 5.32 Å². The Labute approximate surface area is 185 Å². The van der Waals surface area contributed by atoms with Crippen molar-refractivity contribution < 1.29 is 4.79 Å². The number of imidazole rings is 1. The van der Waals surface area contributed by atoms with Gasteiger partial charge in [-0.2, -0.15) is 0 Å². The minimum absolute atomic E-state index is 0.205. The first-order chi connectivity index (χ1) is 14.9. The maximum atomic E-state index is 11.6. The zero-order valence-corrected chi connectivity index (χ0v) is 19.4. The van der Waals surface area contributed by atoms with Crippen molar-refractivity contribution in [2.24, 2.45) is 23.7 Å². The molecule has 1 amide bonds. The maximum Gasteiger partial charge on any atom is 0.219 e. The van der Waals surface area contributed by atoms with Crippen molar-refractivity contribution >= 4 is 16.9 Å². The lowest BCUT2D eigenvalue weighted by atomic mass is 9.69. The monoisotopic (exact) mass is 423 g/mol. The van der Waals surface area contributed by atoms with Crippen LogP contribution in [0.15, 0.2) is 30.1 Å². The molecule has 3 atom stereocenters. The van der Waals surface area contributed by atoms with Crippen molar-refractivity contribution in [2.45, 2.75) is 59.4 Å². The highest BCUT2D eigenvalue weighted by Gasteiger charge is 2.32. The molecule has 1 fully saturated rings. The number of aromatic nitrogens is 3. The number of hydrogen-bond acceptors (Lipinski definition) is 4. The summed E-state index contributed by atoms with van der Waals surface area (Å²) in [5.41, 5.74) is 3.52. The summed E-state index contributed by atoms with van der Waals surface area (Å²) in [6.07, 6.45) is 10.5. The number of carbonyl (C=O) groups is 1. The van der Waals surface area contributed by atoms with Crippen LogP contribution in [0, 0.1) is 23.7 Å². The molecule has 2 aromatic heterocycles. The highest BCUT2D eigenvalue weighted by Crippen LogP contribution is 2.38. The first kappa shape index (κ1) is 22.0. The number of nitrogens with zero attached hydrogens (tertiary/aromatic N) is 3. The Bertz CT molecular complexity index is 892. The summed E-state index contributed by atoms with van der Waals surface area (Å²) >= 11 is 0. The summed E-state index contributed by atoms with van der Waals surface area (Å²) < 4.78 is 0. The van der Waals surface area contributed by atoms with Crippen LogP contribution in [0.5, 0.6) is 0 Å². The summed E-state index contributed by atoms with van der Waals surface area (Å²) in [5.74, 6) is 3.70. The molecule has 3 heterocycles. The number of pyridine rings is 1. The molecular formula is C25H37N5O. The Kier molecular flexibility index (Phi) is 6.75. The van der Waals surface area contributed by atoms with E-state index in [9.17, 15) is 4.79 Å². The standard InChI is InChI=1S/C25H37N5O/c1-16(2)22-12-19(13-25-28-23-5-8-26-15-24(23)29-25)17(3)11-20(22)14-27-21-6-9-30(10-7-21)18(4)31/h5,8,11,15-16,19-22,27H,6-7,9-10,12-14H2,1-4H3,(H,28,29)/t19-,20-,22-/m0/s1. The molecule has 2 aromatic rings. The topological polar surface area (TPSA) is 73.9 Å². The molecule has 0 unspecified atom stereocenters. The van der Waals surface area contributed by atoms with Gasteiger partial charge in [-0.3, -0.25) is 9.78 Å². The molecule has 1 aliphatic carbocycles. The molecule has 0 radical (unpaired) electrons. The molecule has 2 N–H and O–H groups in total. The minimum atomic E-state index is 0.205. The van der Waals surface area contributed by atoms with Gasteiger partial charge in [-0.15, -0.1) is 0 Å². The van der Waals surface area contributed by atoms with Crippen molar-refractivity contribution in [2.75, 3.05) is 19.6 Å². The molecule has 31 heavy (non-hydrogen) atoms. The van der Waals surface area contributed by atoms with E-state index in [2.05, 4.69) is 42.1 Å². The van der Waals surface area contributed by atoms with Crippen molar-refractivity contribution in [1.82, 2.24) is 25.2 Å². The lowest BCUT2D eigenvalue weighted by Crippen LogP contribution is -2.46. The van der Waals surface area contributed by atoms with E-state index >= 15 is 0 Å². The van der Waals surface area contributed by atoms with Crippen LogP contribution in [0.2, 0.25) is 0 Å². The number of amides is 1. The quantitative estimate of drug-likeness (QED) is 0.690. The normalized spacial score (nSPS) is 25.3. The van der Waals surface area contributed by atoms with Gasteiger partial charge in [0.2, 0.25) is 5.91 Å². The summed E-state index contributed by atoms with van der Waals surface area (Å²) in [6, 6.07) is 2.50. The van der Waals surface area contributed by atoms with E-state index < -0.39 is 0 Å². The fourth-order valence-corrected chi connectivity index (χ4v) is 5.45. The molecule has 0 spiro atoms. The van der Waals surface area contributed by atoms with E-state index in [0.717, 1.165) is 55.8 Å². The van der Waals surface area contributed by atoms with E-state index in [-0.39, 0.29) is 5.91 Å². The highest BCUT2D eigenvalue weighted by atomic mass is 16.2. The van der Waals surface area contributed by atoms with Crippen LogP contribution >= 0.6 is 0 Å². The number of aromatic amines is 1. The summed E-state index contributed by atoms with van der Waals surface area (Å²) in [7, 11) is 0. The van der Waals surface area contributed by atoms with Crippen LogP contribution in [0.3, 0.4) is 0 Å². The van der Waals surface area contributed by atoms with Crippen molar-refractivity contribution in [3.63, 3.8) is 0 Å². The third-order valence-corrected chi connectivity index (χ3v) is 7.44. The largest absolute Gasteiger partial charge is 0.343 e. The number of rotatable bonds is 6. The van der Waals surface area contributed by atoms with Gasteiger partial charge >= 0.3 is 0 Å². The van der Waals surface area contributed by atoms with Gasteiger partial charge in [-0.1, -0.05) is 25.5 Å². The van der Waals surface area contributed by atoms with Gasteiger partial charge in [-0.05, 0) is 55.9 Å². The van der Waals surface area contributed by atoms with E-state index in [0.29, 0.717) is 29.7 Å². The number of likely N-dealkylation sites (tertiary alicyclic amines) is 1. The Hall–Kier alpha value is -2.21. The summed E-state index contributed by atoms with van der Waals surface area (Å²) in [4.78, 5) is 26.0. The number of nitrogens with one attached hydrogen (secondary N) is 2. The third kappa shape index (κ3) is 5.17. The molecule has 168 valence electrons. The van der Waals surface area contributed by atoms with Crippen LogP contribution in [-0.2, 0) is 11.2 Å². The van der Waals surface area contributed by atoms with Crippen molar-refractivity contribution in [3.05, 3.63) is 35.9 Å². The second-order valence-electron chi connectivity index (χ2n) is 9.88. The predicted octanol–water partition coefficient (Wildman–Crippen LogP) is 3.96. The summed E-state index contributed by atoms with van der Waals surface area (Å²) in [6.45, 7) is 11.5. The molecular weight excluding hydrogens is 386 g/mol. The fourth-order valence-electron chi connectivity index (χ4n) is 5.45. The Morgan fingerprint density at radius 1 is 1.32 bits per heavy atom. The third-order valence-electron chi connectivity index (χ3n) is 7.44. The van der Waals surface area contributed by atoms with Gasteiger partial charge in [0.15, 0.2) is 0 Å². The van der Waals surface area contributed by atoms with Gasteiger partial charge in [0.25, 0.3) is 0 Å². The van der Waals surface area contributed by atoms with Crippen LogP contribution in [0.25, 0.3) is 11.0 Å². The Morgan fingerprint density at radius 3 is 2.77 bits per heavy atom. The molecule has 0 aromatic carbocycles. The van der Waals surface area contributed by atoms with Gasteiger partial charge in [-0.25, -0.2) is 4.98 Å². The van der Waals surface area contributed by atoms with E-state index in [1.807, 2.05) is 17.2 Å². The average molecular weight is 424 g/mol. The first-order valence-electron chi connectivity index (χ1n) is 11.9. The first-order valence-corrected chi connectivity index (χ1v) is 11.9. The lowest BCUT2D eigenvalue weighted by Gasteiger charge is -2.39.